The van der Waals surface area contributed by atoms with Gasteiger partial charge in [-0.2, -0.15) is 11.3 Å². The molecule has 1 amide bonds. The van der Waals surface area contributed by atoms with Crippen LogP contribution in [0.2, 0.25) is 0 Å². The molecule has 1 aromatic carbocycles. The Morgan fingerprint density at radius 2 is 2.14 bits per heavy atom. The highest BCUT2D eigenvalue weighted by atomic mass is 32.2. The quantitative estimate of drug-likeness (QED) is 0.367. The van der Waals surface area contributed by atoms with Crippen LogP contribution in [-0.4, -0.2) is 21.7 Å². The number of H-pyrrole nitrogens is 1. The average Bonchev–Trinajstić information content (AvgIpc) is 3.26. The summed E-state index contributed by atoms with van der Waals surface area (Å²) in [5.41, 5.74) is 2.71. The number of hydrogen-bond donors (Lipinski definition) is 1. The molecule has 2 aromatic heterocycles. The van der Waals surface area contributed by atoms with Crippen molar-refractivity contribution in [3.63, 3.8) is 0 Å². The van der Waals surface area contributed by atoms with Crippen molar-refractivity contribution in [1.29, 1.82) is 0 Å². The van der Waals surface area contributed by atoms with Gasteiger partial charge < -0.3 is 0 Å². The summed E-state index contributed by atoms with van der Waals surface area (Å²) in [6.45, 7) is 3.99. The maximum atomic E-state index is 13.1. The van der Waals surface area contributed by atoms with Crippen molar-refractivity contribution in [2.45, 2.75) is 44.4 Å². The Hall–Kier alpha value is -2.45. The molecule has 1 aliphatic rings. The smallest absolute Gasteiger partial charge is 0.291 e. The first-order valence-electron chi connectivity index (χ1n) is 9.78. The van der Waals surface area contributed by atoms with Gasteiger partial charge in [-0.25, -0.2) is 4.90 Å². The van der Waals surface area contributed by atoms with Gasteiger partial charge >= 0.3 is 11.3 Å². The number of rotatable bonds is 6. The summed E-state index contributed by atoms with van der Waals surface area (Å²) in [4.78, 5) is 30.8. The number of anilines is 1. The van der Waals surface area contributed by atoms with Crippen LogP contribution in [0.4, 0.5) is 5.69 Å². The van der Waals surface area contributed by atoms with E-state index in [0.29, 0.717) is 17.3 Å². The number of nitrogens with one attached hydrogen (secondary N) is 1. The lowest BCUT2D eigenvalue weighted by atomic mass is 10.0. The minimum absolute atomic E-state index is 0.00549. The molecular formula is C21H23N4O2S2+. The lowest BCUT2D eigenvalue weighted by molar-refractivity contribution is -0.763. The van der Waals surface area contributed by atoms with Crippen molar-refractivity contribution in [1.82, 2.24) is 10.1 Å². The summed E-state index contributed by atoms with van der Waals surface area (Å²) >= 11 is 3.11. The number of fused-ring (bicyclic) bond motifs is 3. The van der Waals surface area contributed by atoms with Crippen molar-refractivity contribution >= 4 is 34.7 Å². The van der Waals surface area contributed by atoms with Crippen LogP contribution in [0.15, 0.2) is 51.0 Å². The van der Waals surface area contributed by atoms with Gasteiger partial charge in [0.05, 0.1) is 16.8 Å². The second kappa shape index (κ2) is 8.51. The third-order valence-electron chi connectivity index (χ3n) is 4.91. The minimum Gasteiger partial charge on any atom is -0.291 e. The molecule has 6 nitrogen and oxygen atoms in total. The third-order valence-corrected chi connectivity index (χ3v) is 6.56. The van der Waals surface area contributed by atoms with Crippen LogP contribution in [-0.2, 0) is 4.79 Å². The van der Waals surface area contributed by atoms with E-state index < -0.39 is 6.17 Å². The number of benzene rings is 1. The number of carbonyl (C=O) groups excluding carboxylic acids is 1. The number of unbranched alkanes of at least 4 members (excludes halogenated alkanes) is 1. The fourth-order valence-corrected chi connectivity index (χ4v) is 5.12. The fraction of sp³-hybridized carbons (Fsp3) is 0.333. The molecule has 150 valence electrons. The van der Waals surface area contributed by atoms with Crippen LogP contribution < -0.4 is 15.1 Å². The van der Waals surface area contributed by atoms with Crippen LogP contribution in [0, 0.1) is 0 Å². The number of thiophene rings is 1. The normalized spacial score (nSPS) is 15.1. The largest absolute Gasteiger partial charge is 0.325 e. The third kappa shape index (κ3) is 3.62. The van der Waals surface area contributed by atoms with Crippen molar-refractivity contribution in [2.24, 2.45) is 0 Å². The molecule has 0 fully saturated rings. The molecule has 4 rings (SSSR count). The van der Waals surface area contributed by atoms with E-state index in [2.05, 4.69) is 11.9 Å². The molecule has 0 aliphatic carbocycles. The maximum absolute atomic E-state index is 13.1. The van der Waals surface area contributed by atoms with Crippen molar-refractivity contribution in [2.75, 3.05) is 10.7 Å². The van der Waals surface area contributed by atoms with E-state index in [9.17, 15) is 9.59 Å². The molecule has 3 heterocycles. The number of hydrogen-bond acceptors (Lipinski definition) is 5. The number of para-hydroxylation sites is 1. The lowest BCUT2D eigenvalue weighted by Crippen LogP contribution is -2.60. The summed E-state index contributed by atoms with van der Waals surface area (Å²) in [6, 6.07) is 9.54. The first-order valence-corrected chi connectivity index (χ1v) is 11.7. The topological polar surface area (TPSA) is 69.9 Å². The molecule has 3 aromatic rings. The molecule has 0 saturated carbocycles. The number of amides is 1. The number of carbonyl (C=O) groups is 1. The van der Waals surface area contributed by atoms with E-state index in [0.717, 1.165) is 35.4 Å². The van der Waals surface area contributed by atoms with E-state index in [-0.39, 0.29) is 11.5 Å². The first kappa shape index (κ1) is 19.8. The van der Waals surface area contributed by atoms with E-state index >= 15 is 0 Å². The van der Waals surface area contributed by atoms with Gasteiger partial charge in [0.1, 0.15) is 0 Å². The summed E-state index contributed by atoms with van der Waals surface area (Å²) in [5.74, 6) is 0.880. The van der Waals surface area contributed by atoms with Crippen molar-refractivity contribution in [3.05, 3.63) is 57.0 Å². The number of thioether (sulfide) groups is 1. The zero-order valence-electron chi connectivity index (χ0n) is 16.4. The van der Waals surface area contributed by atoms with Gasteiger partial charge in [-0.15, -0.1) is 0 Å². The molecule has 8 heteroatoms. The van der Waals surface area contributed by atoms with E-state index in [1.165, 1.54) is 11.8 Å². The Balaban J connectivity index is 1.95. The summed E-state index contributed by atoms with van der Waals surface area (Å²) in [5, 5.41) is 9.36. The Bertz CT molecular complexity index is 1080. The molecule has 0 bridgehead atoms. The molecule has 1 aliphatic heterocycles. The van der Waals surface area contributed by atoms with Crippen LogP contribution >= 0.6 is 23.1 Å². The zero-order valence-corrected chi connectivity index (χ0v) is 18.1. The monoisotopic (exact) mass is 427 g/mol. The Morgan fingerprint density at radius 1 is 1.31 bits per heavy atom. The van der Waals surface area contributed by atoms with Gasteiger partial charge in [-0.3, -0.25) is 14.6 Å². The molecular weight excluding hydrogens is 404 g/mol. The Morgan fingerprint density at radius 3 is 2.86 bits per heavy atom. The van der Waals surface area contributed by atoms with Gasteiger partial charge in [0.15, 0.2) is 0 Å². The predicted molar refractivity (Wildman–Crippen MR) is 116 cm³/mol. The first-order chi connectivity index (χ1) is 14.2. The molecule has 0 saturated heterocycles. The number of aromatic amines is 1. The standard InChI is InChI=1S/C21H22N4O2S2/c1-3-5-11-29-21-22-19(27)18-15-8-6-7-9-16(15)24(17(26)4-2)20(25(18)23-21)14-10-12-28-13-14/h6-10,12-13,20H,3-5,11H2,1-2H3/p+1/t20-/m0/s1. The molecule has 0 unspecified atom stereocenters. The zero-order chi connectivity index (χ0) is 20.4. The lowest BCUT2D eigenvalue weighted by Gasteiger charge is -2.31. The highest BCUT2D eigenvalue weighted by molar-refractivity contribution is 7.99. The molecule has 1 N–H and O–H groups in total. The van der Waals surface area contributed by atoms with Crippen molar-refractivity contribution < 1.29 is 9.48 Å². The van der Waals surface area contributed by atoms with Crippen LogP contribution in [0.3, 0.4) is 0 Å². The molecule has 0 spiro atoms. The SMILES string of the molecule is CCCCSc1n[n+]2c(c(=O)[nH]1)-c1ccccc1N(C(=O)CC)[C@@H]2c1ccsc1. The van der Waals surface area contributed by atoms with E-state index in [4.69, 9.17) is 5.10 Å². The number of aromatic nitrogens is 3. The van der Waals surface area contributed by atoms with Crippen LogP contribution in [0.5, 0.6) is 0 Å². The molecule has 0 radical (unpaired) electrons. The Labute approximate surface area is 177 Å². The van der Waals surface area contributed by atoms with E-state index in [1.54, 1.807) is 20.9 Å². The van der Waals surface area contributed by atoms with Gasteiger partial charge in [0.2, 0.25) is 11.1 Å². The van der Waals surface area contributed by atoms with Crippen LogP contribution in [0.25, 0.3) is 11.3 Å². The second-order valence-electron chi connectivity index (χ2n) is 6.82. The van der Waals surface area contributed by atoms with Crippen molar-refractivity contribution in [3.8, 4) is 11.3 Å². The summed E-state index contributed by atoms with van der Waals surface area (Å²) < 4.78 is 1.73. The van der Waals surface area contributed by atoms with Gasteiger partial charge in [-0.05, 0) is 34.7 Å². The van der Waals surface area contributed by atoms with Crippen LogP contribution in [0.1, 0.15) is 44.8 Å². The average molecular weight is 428 g/mol. The minimum atomic E-state index is -0.480. The summed E-state index contributed by atoms with van der Waals surface area (Å²) in [7, 11) is 0. The summed E-state index contributed by atoms with van der Waals surface area (Å²) in [6.07, 6.45) is 2.02. The van der Waals surface area contributed by atoms with Gasteiger partial charge in [-0.1, -0.05) is 44.2 Å². The highest BCUT2D eigenvalue weighted by Crippen LogP contribution is 2.37. The molecule has 1 atom stereocenters. The Kier molecular flexibility index (Phi) is 5.82. The van der Waals surface area contributed by atoms with E-state index in [1.807, 2.05) is 48.0 Å². The second-order valence-corrected chi connectivity index (χ2v) is 8.68. The fourth-order valence-electron chi connectivity index (χ4n) is 3.51. The highest BCUT2D eigenvalue weighted by Gasteiger charge is 2.45. The molecule has 29 heavy (non-hydrogen) atoms. The van der Waals surface area contributed by atoms with Gasteiger partial charge in [0.25, 0.3) is 6.17 Å². The van der Waals surface area contributed by atoms with Gasteiger partial charge in [0, 0.05) is 22.7 Å². The maximum Gasteiger partial charge on any atom is 0.325 e. The number of nitrogens with zero attached hydrogens (tertiary/aromatic N) is 3. The predicted octanol–water partition coefficient (Wildman–Crippen LogP) is 3.98.